The molecule has 1 aromatic rings. The normalized spacial score (nSPS) is 18.1. The molecular formula is C13H16ClNO4S. The Morgan fingerprint density at radius 3 is 2.45 bits per heavy atom. The quantitative estimate of drug-likeness (QED) is 0.894. The molecule has 20 heavy (non-hydrogen) atoms. The SMILES string of the molecule is CC1(NS(=O)(=O)c2ccc(C(=O)O)c(Cl)c2)CCCC1. The lowest BCUT2D eigenvalue weighted by Gasteiger charge is -2.25. The third-order valence-corrected chi connectivity index (χ3v) is 5.52. The molecule has 1 fully saturated rings. The van der Waals surface area contributed by atoms with Gasteiger partial charge >= 0.3 is 5.97 Å². The van der Waals surface area contributed by atoms with Crippen LogP contribution in [0.15, 0.2) is 23.1 Å². The number of carboxylic acids is 1. The smallest absolute Gasteiger partial charge is 0.337 e. The minimum absolute atomic E-state index is 0.0133. The van der Waals surface area contributed by atoms with E-state index in [9.17, 15) is 13.2 Å². The van der Waals surface area contributed by atoms with Crippen LogP contribution in [0.25, 0.3) is 0 Å². The highest BCUT2D eigenvalue weighted by Crippen LogP contribution is 2.31. The third-order valence-electron chi connectivity index (χ3n) is 3.57. The van der Waals surface area contributed by atoms with Crippen molar-refractivity contribution < 1.29 is 18.3 Å². The molecule has 0 aromatic heterocycles. The molecule has 0 unspecified atom stereocenters. The van der Waals surface area contributed by atoms with Crippen molar-refractivity contribution in [2.45, 2.75) is 43.0 Å². The highest BCUT2D eigenvalue weighted by atomic mass is 35.5. The fourth-order valence-corrected chi connectivity index (χ4v) is 4.29. The molecule has 1 saturated carbocycles. The van der Waals surface area contributed by atoms with Gasteiger partial charge in [0.25, 0.3) is 0 Å². The second kappa shape index (κ2) is 5.35. The average Bonchev–Trinajstić information content (AvgIpc) is 2.74. The number of halogens is 1. The Morgan fingerprint density at radius 1 is 1.35 bits per heavy atom. The van der Waals surface area contributed by atoms with E-state index in [4.69, 9.17) is 16.7 Å². The highest BCUT2D eigenvalue weighted by molar-refractivity contribution is 7.89. The number of benzene rings is 1. The topological polar surface area (TPSA) is 83.5 Å². The Kier molecular flexibility index (Phi) is 4.09. The first kappa shape index (κ1) is 15.3. The molecule has 0 radical (unpaired) electrons. The number of nitrogens with one attached hydrogen (secondary N) is 1. The molecule has 0 amide bonds. The summed E-state index contributed by atoms with van der Waals surface area (Å²) in [4.78, 5) is 10.8. The maximum atomic E-state index is 12.3. The van der Waals surface area contributed by atoms with Gasteiger partial charge in [-0.1, -0.05) is 24.4 Å². The molecular weight excluding hydrogens is 302 g/mol. The Labute approximate surface area is 123 Å². The number of hydrogen-bond donors (Lipinski definition) is 2. The Morgan fingerprint density at radius 2 is 1.95 bits per heavy atom. The monoisotopic (exact) mass is 317 g/mol. The Hall–Kier alpha value is -1.11. The molecule has 110 valence electrons. The minimum atomic E-state index is -3.69. The highest BCUT2D eigenvalue weighted by Gasteiger charge is 2.33. The van der Waals surface area contributed by atoms with Crippen LogP contribution in [0, 0.1) is 0 Å². The summed E-state index contributed by atoms with van der Waals surface area (Å²) in [6, 6.07) is 3.64. The summed E-state index contributed by atoms with van der Waals surface area (Å²) in [5.41, 5.74) is -0.547. The minimum Gasteiger partial charge on any atom is -0.478 e. The van der Waals surface area contributed by atoms with Crippen LogP contribution in [0.4, 0.5) is 0 Å². The van der Waals surface area contributed by atoms with E-state index >= 15 is 0 Å². The van der Waals surface area contributed by atoms with Gasteiger partial charge in [0.2, 0.25) is 10.0 Å². The Bertz CT molecular complexity index is 636. The van der Waals surface area contributed by atoms with Crippen molar-refractivity contribution in [2.75, 3.05) is 0 Å². The van der Waals surface area contributed by atoms with Gasteiger partial charge in [-0.3, -0.25) is 0 Å². The fourth-order valence-electron chi connectivity index (χ4n) is 2.48. The van der Waals surface area contributed by atoms with Crippen LogP contribution in [0.2, 0.25) is 5.02 Å². The van der Waals surface area contributed by atoms with E-state index in [0.717, 1.165) is 25.7 Å². The van der Waals surface area contributed by atoms with Gasteiger partial charge in [-0.05, 0) is 38.0 Å². The number of sulfonamides is 1. The number of rotatable bonds is 4. The van der Waals surface area contributed by atoms with Crippen molar-refractivity contribution in [1.29, 1.82) is 0 Å². The molecule has 0 atom stereocenters. The number of carboxylic acid groups (broad SMARTS) is 1. The summed E-state index contributed by atoms with van der Waals surface area (Å²) in [5.74, 6) is -1.19. The van der Waals surface area contributed by atoms with Gasteiger partial charge in [-0.15, -0.1) is 0 Å². The van der Waals surface area contributed by atoms with Crippen molar-refractivity contribution in [3.8, 4) is 0 Å². The standard InChI is InChI=1S/C13H16ClNO4S/c1-13(6-2-3-7-13)15-20(18,19)9-4-5-10(12(16)17)11(14)8-9/h4-5,8,15H,2-3,6-7H2,1H3,(H,16,17). The maximum Gasteiger partial charge on any atom is 0.337 e. The second-order valence-corrected chi connectivity index (χ2v) is 7.41. The first-order valence-electron chi connectivity index (χ1n) is 6.30. The summed E-state index contributed by atoms with van der Waals surface area (Å²) >= 11 is 5.81. The molecule has 0 aliphatic heterocycles. The van der Waals surface area contributed by atoms with Gasteiger partial charge in [0.15, 0.2) is 0 Å². The lowest BCUT2D eigenvalue weighted by molar-refractivity contribution is 0.0697. The van der Waals surface area contributed by atoms with E-state index < -0.39 is 21.5 Å². The lowest BCUT2D eigenvalue weighted by atomic mass is 10.0. The summed E-state index contributed by atoms with van der Waals surface area (Å²) in [6.07, 6.45) is 3.59. The zero-order chi connectivity index (χ0) is 15.0. The summed E-state index contributed by atoms with van der Waals surface area (Å²) < 4.78 is 27.3. The van der Waals surface area contributed by atoms with Crippen LogP contribution >= 0.6 is 11.6 Å². The lowest BCUT2D eigenvalue weighted by Crippen LogP contribution is -2.43. The van der Waals surface area contributed by atoms with Gasteiger partial charge in [0, 0.05) is 5.54 Å². The van der Waals surface area contributed by atoms with E-state index in [2.05, 4.69) is 4.72 Å². The van der Waals surface area contributed by atoms with Gasteiger partial charge in [-0.2, -0.15) is 0 Å². The molecule has 0 saturated heterocycles. The van der Waals surface area contributed by atoms with Crippen LogP contribution in [-0.2, 0) is 10.0 Å². The molecule has 2 N–H and O–H groups in total. The molecule has 0 heterocycles. The molecule has 2 rings (SSSR count). The Balaban J connectivity index is 2.30. The van der Waals surface area contributed by atoms with Crippen molar-refractivity contribution in [2.24, 2.45) is 0 Å². The zero-order valence-electron chi connectivity index (χ0n) is 11.0. The molecule has 1 aromatic carbocycles. The van der Waals surface area contributed by atoms with Crippen molar-refractivity contribution >= 4 is 27.6 Å². The summed E-state index contributed by atoms with van der Waals surface area (Å²) in [7, 11) is -3.69. The van der Waals surface area contributed by atoms with Crippen molar-refractivity contribution in [1.82, 2.24) is 4.72 Å². The third kappa shape index (κ3) is 3.13. The van der Waals surface area contributed by atoms with Crippen LogP contribution in [0.5, 0.6) is 0 Å². The molecule has 7 heteroatoms. The van der Waals surface area contributed by atoms with E-state index in [1.807, 2.05) is 6.92 Å². The number of hydrogen-bond acceptors (Lipinski definition) is 3. The first-order chi connectivity index (χ1) is 9.23. The molecule has 0 bridgehead atoms. The van der Waals surface area contributed by atoms with Crippen LogP contribution in [0.3, 0.4) is 0 Å². The van der Waals surface area contributed by atoms with Crippen molar-refractivity contribution in [3.63, 3.8) is 0 Å². The van der Waals surface area contributed by atoms with Crippen LogP contribution < -0.4 is 4.72 Å². The van der Waals surface area contributed by atoms with E-state index in [0.29, 0.717) is 0 Å². The zero-order valence-corrected chi connectivity index (χ0v) is 12.6. The molecule has 0 spiro atoms. The summed E-state index contributed by atoms with van der Waals surface area (Å²) in [6.45, 7) is 1.88. The first-order valence-corrected chi connectivity index (χ1v) is 8.16. The van der Waals surface area contributed by atoms with Gasteiger partial charge in [0.1, 0.15) is 0 Å². The molecule has 5 nitrogen and oxygen atoms in total. The van der Waals surface area contributed by atoms with E-state index in [1.165, 1.54) is 18.2 Å². The number of aromatic carboxylic acids is 1. The molecule has 1 aliphatic rings. The van der Waals surface area contributed by atoms with Crippen LogP contribution in [0.1, 0.15) is 43.0 Å². The second-order valence-electron chi connectivity index (χ2n) is 5.32. The van der Waals surface area contributed by atoms with Gasteiger partial charge in [-0.25, -0.2) is 17.9 Å². The van der Waals surface area contributed by atoms with Crippen molar-refractivity contribution in [3.05, 3.63) is 28.8 Å². The average molecular weight is 318 g/mol. The number of carbonyl (C=O) groups is 1. The fraction of sp³-hybridized carbons (Fsp3) is 0.462. The van der Waals surface area contributed by atoms with E-state index in [1.54, 1.807) is 0 Å². The van der Waals surface area contributed by atoms with Crippen LogP contribution in [-0.4, -0.2) is 25.0 Å². The summed E-state index contributed by atoms with van der Waals surface area (Å²) in [5, 5.41) is 8.79. The predicted octanol–water partition coefficient (Wildman–Crippen LogP) is 2.65. The maximum absolute atomic E-state index is 12.3. The molecule has 1 aliphatic carbocycles. The van der Waals surface area contributed by atoms with Gasteiger partial charge < -0.3 is 5.11 Å². The van der Waals surface area contributed by atoms with Gasteiger partial charge in [0.05, 0.1) is 15.5 Å². The largest absolute Gasteiger partial charge is 0.478 e. The van der Waals surface area contributed by atoms with E-state index in [-0.39, 0.29) is 15.5 Å². The predicted molar refractivity (Wildman–Crippen MR) is 75.6 cm³/mol.